The molecule has 0 saturated heterocycles. The summed E-state index contributed by atoms with van der Waals surface area (Å²) in [7, 11) is 0. The molecule has 3 rings (SSSR count). The van der Waals surface area contributed by atoms with Gasteiger partial charge >= 0.3 is 0 Å². The largest absolute Gasteiger partial charge is 0.472 e. The third-order valence-electron chi connectivity index (χ3n) is 5.30. The summed E-state index contributed by atoms with van der Waals surface area (Å²) < 4.78 is 16.6. The fourth-order valence-electron chi connectivity index (χ4n) is 3.74. The SMILES string of the molecule is CC#Cc1cc(-c2ccoc2)c(C(C)C)nc1N(CCOC(C)c1ccoc1)CC(C)C. The van der Waals surface area contributed by atoms with Gasteiger partial charge in [-0.2, -0.15) is 0 Å². The van der Waals surface area contributed by atoms with Crippen molar-refractivity contribution in [2.75, 3.05) is 24.6 Å². The summed E-state index contributed by atoms with van der Waals surface area (Å²) in [4.78, 5) is 7.46. The van der Waals surface area contributed by atoms with Crippen LogP contribution < -0.4 is 4.90 Å². The molecule has 0 aliphatic heterocycles. The zero-order valence-corrected chi connectivity index (χ0v) is 20.0. The Labute approximate surface area is 191 Å². The first-order chi connectivity index (χ1) is 15.4. The summed E-state index contributed by atoms with van der Waals surface area (Å²) in [5.74, 6) is 8.00. The van der Waals surface area contributed by atoms with Crippen molar-refractivity contribution in [1.82, 2.24) is 4.98 Å². The Balaban J connectivity index is 1.93. The van der Waals surface area contributed by atoms with Gasteiger partial charge in [-0.25, -0.2) is 4.98 Å². The average molecular weight is 435 g/mol. The van der Waals surface area contributed by atoms with Crippen molar-refractivity contribution in [3.63, 3.8) is 0 Å². The number of pyridine rings is 1. The Bertz CT molecular complexity index is 1030. The van der Waals surface area contributed by atoms with Gasteiger partial charge in [-0.05, 0) is 43.9 Å². The van der Waals surface area contributed by atoms with Crippen LogP contribution in [-0.4, -0.2) is 24.7 Å². The van der Waals surface area contributed by atoms with Crippen LogP contribution in [0.25, 0.3) is 11.1 Å². The molecule has 3 aromatic rings. The molecule has 0 amide bonds. The maximum atomic E-state index is 6.10. The number of anilines is 1. The number of rotatable bonds is 10. The minimum Gasteiger partial charge on any atom is -0.472 e. The molecule has 170 valence electrons. The molecule has 1 atom stereocenters. The topological polar surface area (TPSA) is 51.6 Å². The fraction of sp³-hybridized carbons (Fsp3) is 0.444. The zero-order chi connectivity index (χ0) is 23.1. The quantitative estimate of drug-likeness (QED) is 0.334. The van der Waals surface area contributed by atoms with Crippen molar-refractivity contribution >= 4 is 5.82 Å². The molecule has 0 N–H and O–H groups in total. The van der Waals surface area contributed by atoms with E-state index in [0.717, 1.165) is 46.9 Å². The van der Waals surface area contributed by atoms with E-state index in [1.807, 2.05) is 26.0 Å². The fourth-order valence-corrected chi connectivity index (χ4v) is 3.74. The van der Waals surface area contributed by atoms with E-state index in [4.69, 9.17) is 18.6 Å². The monoisotopic (exact) mass is 434 g/mol. The molecule has 0 saturated carbocycles. The molecular formula is C27H34N2O3. The van der Waals surface area contributed by atoms with E-state index in [-0.39, 0.29) is 12.0 Å². The molecule has 5 heteroatoms. The number of nitrogens with zero attached hydrogens (tertiary/aromatic N) is 2. The van der Waals surface area contributed by atoms with Gasteiger partial charge in [0.2, 0.25) is 0 Å². The lowest BCUT2D eigenvalue weighted by molar-refractivity contribution is 0.0701. The number of hydrogen-bond acceptors (Lipinski definition) is 5. The van der Waals surface area contributed by atoms with Crippen LogP contribution in [0.1, 0.15) is 70.4 Å². The molecular weight excluding hydrogens is 400 g/mol. The summed E-state index contributed by atoms with van der Waals surface area (Å²) in [6, 6.07) is 6.07. The summed E-state index contributed by atoms with van der Waals surface area (Å²) >= 11 is 0. The van der Waals surface area contributed by atoms with Gasteiger partial charge in [0.05, 0.1) is 49.0 Å². The van der Waals surface area contributed by atoms with Gasteiger partial charge < -0.3 is 18.5 Å². The van der Waals surface area contributed by atoms with Crippen molar-refractivity contribution in [2.45, 2.75) is 53.6 Å². The molecule has 32 heavy (non-hydrogen) atoms. The first-order valence-electron chi connectivity index (χ1n) is 11.3. The van der Waals surface area contributed by atoms with Gasteiger partial charge in [0.25, 0.3) is 0 Å². The number of furan rings is 2. The molecule has 0 spiro atoms. The Kier molecular flexibility index (Phi) is 8.19. The highest BCUT2D eigenvalue weighted by molar-refractivity contribution is 5.71. The van der Waals surface area contributed by atoms with Gasteiger partial charge in [-0.1, -0.05) is 33.6 Å². The molecule has 0 fully saturated rings. The van der Waals surface area contributed by atoms with Gasteiger partial charge in [-0.3, -0.25) is 0 Å². The molecule has 0 aromatic carbocycles. The predicted molar refractivity (Wildman–Crippen MR) is 129 cm³/mol. The van der Waals surface area contributed by atoms with Crippen LogP contribution in [0.4, 0.5) is 5.82 Å². The van der Waals surface area contributed by atoms with Gasteiger partial charge in [0, 0.05) is 29.8 Å². The molecule has 5 nitrogen and oxygen atoms in total. The highest BCUT2D eigenvalue weighted by atomic mass is 16.5. The third-order valence-corrected chi connectivity index (χ3v) is 5.30. The summed E-state index contributed by atoms with van der Waals surface area (Å²) in [6.07, 6.45) is 6.85. The Morgan fingerprint density at radius 3 is 2.41 bits per heavy atom. The van der Waals surface area contributed by atoms with Crippen molar-refractivity contribution in [3.8, 4) is 23.0 Å². The Morgan fingerprint density at radius 2 is 1.81 bits per heavy atom. The van der Waals surface area contributed by atoms with E-state index in [9.17, 15) is 0 Å². The minimum atomic E-state index is -0.0211. The second-order valence-electron chi connectivity index (χ2n) is 8.74. The summed E-state index contributed by atoms with van der Waals surface area (Å²) in [6.45, 7) is 14.9. The van der Waals surface area contributed by atoms with Crippen molar-refractivity contribution < 1.29 is 13.6 Å². The maximum Gasteiger partial charge on any atom is 0.144 e. The van der Waals surface area contributed by atoms with Gasteiger partial charge in [0.15, 0.2) is 0 Å². The second kappa shape index (κ2) is 11.1. The van der Waals surface area contributed by atoms with E-state index in [1.165, 1.54) is 0 Å². The van der Waals surface area contributed by atoms with Crippen molar-refractivity contribution in [1.29, 1.82) is 0 Å². The van der Waals surface area contributed by atoms with E-state index in [0.29, 0.717) is 12.5 Å². The normalized spacial score (nSPS) is 12.1. The highest BCUT2D eigenvalue weighted by Gasteiger charge is 2.20. The van der Waals surface area contributed by atoms with E-state index in [2.05, 4.69) is 50.5 Å². The molecule has 1 unspecified atom stereocenters. The number of ether oxygens (including phenoxy) is 1. The number of aromatic nitrogens is 1. The molecule has 0 aliphatic rings. The standard InChI is InChI=1S/C27H34N2O3/c1-7-8-22-15-25(24-10-13-31-18-24)26(20(4)5)28-27(22)29(16-19(2)3)11-14-32-21(6)23-9-12-30-17-23/h9-10,12-13,15,17-21H,11,14,16H2,1-6H3. The number of hydrogen-bond donors (Lipinski definition) is 0. The van der Waals surface area contributed by atoms with Crippen LogP contribution in [0.2, 0.25) is 0 Å². The second-order valence-corrected chi connectivity index (χ2v) is 8.74. The van der Waals surface area contributed by atoms with E-state index < -0.39 is 0 Å². The molecule has 3 heterocycles. The van der Waals surface area contributed by atoms with Crippen LogP contribution in [0.3, 0.4) is 0 Å². The van der Waals surface area contributed by atoms with Crippen LogP contribution in [0.15, 0.2) is 52.1 Å². The molecule has 0 radical (unpaired) electrons. The van der Waals surface area contributed by atoms with Crippen LogP contribution in [-0.2, 0) is 4.74 Å². The van der Waals surface area contributed by atoms with Crippen LogP contribution >= 0.6 is 0 Å². The average Bonchev–Trinajstić information content (AvgIpc) is 3.46. The summed E-state index contributed by atoms with van der Waals surface area (Å²) in [5.41, 5.74) is 5.12. The third kappa shape index (κ3) is 5.83. The molecule has 0 aliphatic carbocycles. The first kappa shape index (κ1) is 23.7. The first-order valence-corrected chi connectivity index (χ1v) is 11.3. The predicted octanol–water partition coefficient (Wildman–Crippen LogP) is 6.67. The van der Waals surface area contributed by atoms with Crippen molar-refractivity contribution in [3.05, 3.63) is 60.1 Å². The molecule has 0 bridgehead atoms. The van der Waals surface area contributed by atoms with Crippen LogP contribution in [0, 0.1) is 17.8 Å². The van der Waals surface area contributed by atoms with Crippen molar-refractivity contribution in [2.24, 2.45) is 5.92 Å². The summed E-state index contributed by atoms with van der Waals surface area (Å²) in [5, 5.41) is 0. The minimum absolute atomic E-state index is 0.0211. The molecule has 3 aromatic heterocycles. The Morgan fingerprint density at radius 1 is 1.06 bits per heavy atom. The van der Waals surface area contributed by atoms with Gasteiger partial charge in [-0.15, -0.1) is 5.92 Å². The zero-order valence-electron chi connectivity index (χ0n) is 20.0. The Hall–Kier alpha value is -2.97. The maximum absolute atomic E-state index is 6.10. The van der Waals surface area contributed by atoms with E-state index >= 15 is 0 Å². The lowest BCUT2D eigenvalue weighted by atomic mass is 9.97. The van der Waals surface area contributed by atoms with E-state index in [1.54, 1.807) is 25.1 Å². The van der Waals surface area contributed by atoms with Crippen LogP contribution in [0.5, 0.6) is 0 Å². The highest BCUT2D eigenvalue weighted by Crippen LogP contribution is 2.33. The smallest absolute Gasteiger partial charge is 0.144 e. The lowest BCUT2D eigenvalue weighted by Gasteiger charge is -2.28. The lowest BCUT2D eigenvalue weighted by Crippen LogP contribution is -2.33. The van der Waals surface area contributed by atoms with Gasteiger partial charge in [0.1, 0.15) is 5.82 Å².